The van der Waals surface area contributed by atoms with Gasteiger partial charge in [-0.05, 0) is 43.0 Å². The maximum Gasteiger partial charge on any atom is 0.256 e. The van der Waals surface area contributed by atoms with Gasteiger partial charge in [-0.25, -0.2) is 4.39 Å². The molecule has 2 aliphatic rings. The summed E-state index contributed by atoms with van der Waals surface area (Å²) in [6, 6.07) is 9.81. The number of benzene rings is 1. The Balaban J connectivity index is 1.45. The molecule has 2 aromatic rings. The van der Waals surface area contributed by atoms with Gasteiger partial charge in [-0.2, -0.15) is 0 Å². The highest BCUT2D eigenvalue weighted by Crippen LogP contribution is 2.39. The number of piperidine rings is 1. The summed E-state index contributed by atoms with van der Waals surface area (Å²) in [5.74, 6) is -0.959. The van der Waals surface area contributed by atoms with E-state index in [0.29, 0.717) is 32.4 Å². The summed E-state index contributed by atoms with van der Waals surface area (Å²) >= 11 is 0. The second kappa shape index (κ2) is 6.52. The molecule has 3 heterocycles. The molecule has 0 saturated carbocycles. The van der Waals surface area contributed by atoms with Crippen LogP contribution in [0.1, 0.15) is 41.1 Å². The summed E-state index contributed by atoms with van der Waals surface area (Å²) in [6.07, 6.45) is 5.49. The lowest BCUT2D eigenvalue weighted by molar-refractivity contribution is -0.121. The Morgan fingerprint density at radius 3 is 2.65 bits per heavy atom. The zero-order chi connectivity index (χ0) is 18.1. The number of nitrogens with one attached hydrogen (secondary N) is 1. The van der Waals surface area contributed by atoms with Crippen molar-refractivity contribution in [2.45, 2.75) is 30.7 Å². The van der Waals surface area contributed by atoms with Gasteiger partial charge in [0, 0.05) is 31.0 Å². The molecule has 1 aromatic heterocycles. The van der Waals surface area contributed by atoms with E-state index in [-0.39, 0.29) is 28.8 Å². The first kappa shape index (κ1) is 16.7. The maximum atomic E-state index is 13.9. The molecule has 26 heavy (non-hydrogen) atoms. The number of carbonyl (C=O) groups excluding carboxylic acids is 2. The minimum Gasteiger partial charge on any atom is -0.350 e. The molecule has 0 bridgehead atoms. The standard InChI is InChI=1S/C20H20FN3O2/c21-17-6-2-1-5-15(17)19(26)24-10-7-20(8-11-24)12-16(18(25)23-20)14-4-3-9-22-13-14/h1-6,9,13,16H,7-8,10-12H2,(H,23,25). The van der Waals surface area contributed by atoms with Gasteiger partial charge in [-0.15, -0.1) is 0 Å². The second-order valence-corrected chi connectivity index (χ2v) is 7.08. The lowest BCUT2D eigenvalue weighted by Gasteiger charge is -2.39. The molecule has 1 unspecified atom stereocenters. The Labute approximate surface area is 151 Å². The van der Waals surface area contributed by atoms with Gasteiger partial charge in [0.1, 0.15) is 5.82 Å². The van der Waals surface area contributed by atoms with Crippen LogP contribution in [0.5, 0.6) is 0 Å². The number of hydrogen-bond donors (Lipinski definition) is 1. The normalized spacial score (nSPS) is 21.7. The molecule has 0 radical (unpaired) electrons. The molecule has 0 aliphatic carbocycles. The molecule has 2 fully saturated rings. The van der Waals surface area contributed by atoms with Gasteiger partial charge >= 0.3 is 0 Å². The quantitative estimate of drug-likeness (QED) is 0.902. The van der Waals surface area contributed by atoms with E-state index in [4.69, 9.17) is 0 Å². The average Bonchev–Trinajstić information content (AvgIpc) is 2.99. The Hall–Kier alpha value is -2.76. The molecular weight excluding hydrogens is 333 g/mol. The van der Waals surface area contributed by atoms with Crippen molar-refractivity contribution in [2.75, 3.05) is 13.1 Å². The van der Waals surface area contributed by atoms with Crippen LogP contribution in [0.25, 0.3) is 0 Å². The van der Waals surface area contributed by atoms with Crippen LogP contribution in [0.4, 0.5) is 4.39 Å². The molecule has 5 nitrogen and oxygen atoms in total. The van der Waals surface area contributed by atoms with Gasteiger partial charge < -0.3 is 10.2 Å². The average molecular weight is 353 g/mol. The first-order valence-electron chi connectivity index (χ1n) is 8.84. The van der Waals surface area contributed by atoms with Crippen LogP contribution in [0.3, 0.4) is 0 Å². The van der Waals surface area contributed by atoms with Crippen molar-refractivity contribution < 1.29 is 14.0 Å². The third-order valence-electron chi connectivity index (χ3n) is 5.50. The monoisotopic (exact) mass is 353 g/mol. The van der Waals surface area contributed by atoms with Gasteiger partial charge in [0.2, 0.25) is 5.91 Å². The third-order valence-corrected chi connectivity index (χ3v) is 5.50. The summed E-state index contributed by atoms with van der Waals surface area (Å²) < 4.78 is 13.9. The Morgan fingerprint density at radius 2 is 1.96 bits per heavy atom. The van der Waals surface area contributed by atoms with E-state index in [0.717, 1.165) is 5.56 Å². The SMILES string of the molecule is O=C1NC2(CCN(C(=O)c3ccccc3F)CC2)CC1c1cccnc1. The number of likely N-dealkylation sites (tertiary alicyclic amines) is 1. The number of pyridine rings is 1. The van der Waals surface area contributed by atoms with E-state index in [2.05, 4.69) is 10.3 Å². The molecule has 6 heteroatoms. The van der Waals surface area contributed by atoms with E-state index in [1.165, 1.54) is 12.1 Å². The van der Waals surface area contributed by atoms with Gasteiger partial charge in [-0.3, -0.25) is 14.6 Å². The molecule has 2 saturated heterocycles. The predicted octanol–water partition coefficient (Wildman–Crippen LogP) is 2.50. The highest BCUT2D eigenvalue weighted by molar-refractivity contribution is 5.94. The van der Waals surface area contributed by atoms with Crippen molar-refractivity contribution in [1.29, 1.82) is 0 Å². The van der Waals surface area contributed by atoms with Crippen LogP contribution in [-0.2, 0) is 4.79 Å². The minimum absolute atomic E-state index is 0.0203. The van der Waals surface area contributed by atoms with E-state index in [9.17, 15) is 14.0 Å². The molecule has 2 amide bonds. The third kappa shape index (κ3) is 2.96. The van der Waals surface area contributed by atoms with Gasteiger partial charge in [0.05, 0.1) is 11.5 Å². The van der Waals surface area contributed by atoms with Crippen molar-refractivity contribution in [3.05, 3.63) is 65.7 Å². The summed E-state index contributed by atoms with van der Waals surface area (Å²) in [6.45, 7) is 1.01. The molecule has 2 aliphatic heterocycles. The minimum atomic E-state index is -0.497. The number of halogens is 1. The second-order valence-electron chi connectivity index (χ2n) is 7.08. The van der Waals surface area contributed by atoms with E-state index >= 15 is 0 Å². The van der Waals surface area contributed by atoms with E-state index in [1.54, 1.807) is 29.4 Å². The van der Waals surface area contributed by atoms with Crippen LogP contribution in [0, 0.1) is 5.82 Å². The highest BCUT2D eigenvalue weighted by atomic mass is 19.1. The number of aromatic nitrogens is 1. The number of nitrogens with zero attached hydrogens (tertiary/aromatic N) is 2. The first-order valence-corrected chi connectivity index (χ1v) is 8.84. The van der Waals surface area contributed by atoms with Gasteiger partial charge in [-0.1, -0.05) is 18.2 Å². The summed E-state index contributed by atoms with van der Waals surface area (Å²) in [4.78, 5) is 30.8. The van der Waals surface area contributed by atoms with Crippen LogP contribution < -0.4 is 5.32 Å². The molecule has 1 atom stereocenters. The molecule has 4 rings (SSSR count). The van der Waals surface area contributed by atoms with Crippen molar-refractivity contribution in [3.8, 4) is 0 Å². The van der Waals surface area contributed by atoms with E-state index < -0.39 is 5.82 Å². The maximum absolute atomic E-state index is 13.9. The molecular formula is C20H20FN3O2. The predicted molar refractivity (Wildman–Crippen MR) is 94.0 cm³/mol. The number of amides is 2. The number of rotatable bonds is 2. The van der Waals surface area contributed by atoms with Crippen molar-refractivity contribution >= 4 is 11.8 Å². The van der Waals surface area contributed by atoms with Crippen LogP contribution in [-0.4, -0.2) is 40.3 Å². The Bertz CT molecular complexity index is 832. The highest BCUT2D eigenvalue weighted by Gasteiger charge is 2.46. The summed E-state index contributed by atoms with van der Waals surface area (Å²) in [7, 11) is 0. The molecule has 1 N–H and O–H groups in total. The Morgan fingerprint density at radius 1 is 1.19 bits per heavy atom. The topological polar surface area (TPSA) is 62.3 Å². The smallest absolute Gasteiger partial charge is 0.256 e. The van der Waals surface area contributed by atoms with Gasteiger partial charge in [0.15, 0.2) is 0 Å². The largest absolute Gasteiger partial charge is 0.350 e. The zero-order valence-corrected chi connectivity index (χ0v) is 14.3. The number of carbonyl (C=O) groups is 2. The molecule has 134 valence electrons. The van der Waals surface area contributed by atoms with Crippen molar-refractivity contribution in [1.82, 2.24) is 15.2 Å². The van der Waals surface area contributed by atoms with Crippen molar-refractivity contribution in [3.63, 3.8) is 0 Å². The van der Waals surface area contributed by atoms with E-state index in [1.807, 2.05) is 12.1 Å². The fraction of sp³-hybridized carbons (Fsp3) is 0.350. The van der Waals surface area contributed by atoms with Gasteiger partial charge in [0.25, 0.3) is 5.91 Å². The summed E-state index contributed by atoms with van der Waals surface area (Å²) in [5, 5.41) is 3.15. The molecule has 1 aromatic carbocycles. The van der Waals surface area contributed by atoms with Crippen molar-refractivity contribution in [2.24, 2.45) is 0 Å². The fourth-order valence-corrected chi connectivity index (χ4v) is 4.01. The fourth-order valence-electron chi connectivity index (χ4n) is 4.01. The Kier molecular flexibility index (Phi) is 4.18. The van der Waals surface area contributed by atoms with Crippen LogP contribution in [0.2, 0.25) is 0 Å². The lowest BCUT2D eigenvalue weighted by atomic mass is 9.82. The summed E-state index contributed by atoms with van der Waals surface area (Å²) in [5.41, 5.74) is 0.739. The lowest BCUT2D eigenvalue weighted by Crippen LogP contribution is -2.52. The first-order chi connectivity index (χ1) is 12.6. The van der Waals surface area contributed by atoms with Crippen LogP contribution in [0.15, 0.2) is 48.8 Å². The molecule has 1 spiro atoms. The van der Waals surface area contributed by atoms with Crippen LogP contribution >= 0.6 is 0 Å². The zero-order valence-electron chi connectivity index (χ0n) is 14.3. The number of hydrogen-bond acceptors (Lipinski definition) is 3.